The summed E-state index contributed by atoms with van der Waals surface area (Å²) in [7, 11) is 0. The number of nitrogens with zero attached hydrogens (tertiary/aromatic N) is 1. The number of imide groups is 1. The molecule has 4 atom stereocenters. The van der Waals surface area contributed by atoms with Gasteiger partial charge in [0.05, 0.1) is 11.8 Å². The number of benzene rings is 2. The SMILES string of the molecule is CC1=CC(=O)C2=C(C1=O)[C@@H](c1ccc(O)cc1)C1=CC[C@@H]3C(=O)N(CCc4ccc(O)cc4)C(=O)[C@@H]3[C@@H]1C2. The van der Waals surface area contributed by atoms with Gasteiger partial charge >= 0.3 is 0 Å². The van der Waals surface area contributed by atoms with Crippen LogP contribution in [0.3, 0.4) is 0 Å². The first-order valence-corrected chi connectivity index (χ1v) is 12.9. The van der Waals surface area contributed by atoms with Gasteiger partial charge in [0.2, 0.25) is 11.8 Å². The lowest BCUT2D eigenvalue weighted by Gasteiger charge is -2.42. The van der Waals surface area contributed by atoms with Gasteiger partial charge in [-0.3, -0.25) is 24.1 Å². The molecule has 7 heteroatoms. The molecule has 0 saturated carbocycles. The monoisotopic (exact) mass is 509 g/mol. The van der Waals surface area contributed by atoms with E-state index in [0.29, 0.717) is 29.6 Å². The minimum Gasteiger partial charge on any atom is -0.508 e. The lowest BCUT2D eigenvalue weighted by molar-refractivity contribution is -0.140. The summed E-state index contributed by atoms with van der Waals surface area (Å²) in [5, 5.41) is 19.4. The molecule has 0 bridgehead atoms. The first kappa shape index (κ1) is 24.1. The Hall–Kier alpha value is -4.26. The van der Waals surface area contributed by atoms with Crippen molar-refractivity contribution in [1.29, 1.82) is 0 Å². The standard InChI is InChI=1S/C31H27NO6/c1-16-14-25(35)24-15-23-21(26(28(24)29(16)36)18-4-8-20(34)9-5-18)10-11-22-27(23)31(38)32(30(22)37)13-12-17-2-6-19(33)7-3-17/h2-10,14,22-23,26-27,33-34H,11-13,15H2,1H3/t22-,23+,26-,27-/m0/s1. The van der Waals surface area contributed by atoms with E-state index in [4.69, 9.17) is 0 Å². The van der Waals surface area contributed by atoms with Gasteiger partial charge in [0.25, 0.3) is 0 Å². The van der Waals surface area contributed by atoms with Crippen LogP contribution in [-0.4, -0.2) is 45.0 Å². The van der Waals surface area contributed by atoms with E-state index in [2.05, 4.69) is 0 Å². The summed E-state index contributed by atoms with van der Waals surface area (Å²) in [5.74, 6) is -2.55. The largest absolute Gasteiger partial charge is 0.508 e. The summed E-state index contributed by atoms with van der Waals surface area (Å²) in [6, 6.07) is 13.3. The van der Waals surface area contributed by atoms with Crippen LogP contribution in [0.25, 0.3) is 0 Å². The van der Waals surface area contributed by atoms with Gasteiger partial charge in [0, 0.05) is 29.2 Å². The first-order chi connectivity index (χ1) is 18.2. The molecule has 2 N–H and O–H groups in total. The Morgan fingerprint density at radius 2 is 1.53 bits per heavy atom. The van der Waals surface area contributed by atoms with Crippen molar-refractivity contribution < 1.29 is 29.4 Å². The number of allylic oxidation sites excluding steroid dienone is 6. The van der Waals surface area contributed by atoms with Gasteiger partial charge in [-0.25, -0.2) is 0 Å². The van der Waals surface area contributed by atoms with Crippen molar-refractivity contribution in [3.8, 4) is 11.5 Å². The molecule has 4 aliphatic rings. The third-order valence-corrected chi connectivity index (χ3v) is 8.44. The quantitative estimate of drug-likeness (QED) is 0.369. The number of rotatable bonds is 4. The second kappa shape index (κ2) is 8.94. The molecule has 0 aromatic heterocycles. The van der Waals surface area contributed by atoms with Gasteiger partial charge in [-0.05, 0) is 73.6 Å². The molecular weight excluding hydrogens is 482 g/mol. The van der Waals surface area contributed by atoms with Gasteiger partial charge in [-0.15, -0.1) is 0 Å². The molecule has 2 amide bonds. The van der Waals surface area contributed by atoms with E-state index < -0.39 is 17.8 Å². The summed E-state index contributed by atoms with van der Waals surface area (Å²) in [6.45, 7) is 1.88. The maximum atomic E-state index is 13.8. The lowest BCUT2D eigenvalue weighted by Crippen LogP contribution is -2.40. The number of carbonyl (C=O) groups excluding carboxylic acids is 4. The topological polar surface area (TPSA) is 112 Å². The molecule has 38 heavy (non-hydrogen) atoms. The average Bonchev–Trinajstić information content (AvgIpc) is 3.15. The van der Waals surface area contributed by atoms with Crippen LogP contribution in [-0.2, 0) is 25.6 Å². The van der Waals surface area contributed by atoms with Gasteiger partial charge in [-0.2, -0.15) is 0 Å². The van der Waals surface area contributed by atoms with Gasteiger partial charge < -0.3 is 10.2 Å². The van der Waals surface area contributed by atoms with Crippen molar-refractivity contribution in [2.75, 3.05) is 6.54 Å². The zero-order valence-electron chi connectivity index (χ0n) is 20.9. The smallest absolute Gasteiger partial charge is 0.233 e. The summed E-state index contributed by atoms with van der Waals surface area (Å²) >= 11 is 0. The zero-order chi connectivity index (χ0) is 26.7. The Labute approximate surface area is 219 Å². The van der Waals surface area contributed by atoms with Crippen molar-refractivity contribution in [3.63, 3.8) is 0 Å². The van der Waals surface area contributed by atoms with Crippen LogP contribution in [0, 0.1) is 17.8 Å². The number of hydrogen-bond acceptors (Lipinski definition) is 6. The minimum absolute atomic E-state index is 0.0935. The number of Topliss-reactive ketones (excluding diaryl/α,β-unsaturated/α-hetero) is 1. The molecule has 1 heterocycles. The first-order valence-electron chi connectivity index (χ1n) is 12.9. The molecule has 3 aliphatic carbocycles. The average molecular weight is 510 g/mol. The second-order valence-electron chi connectivity index (χ2n) is 10.6. The van der Waals surface area contributed by atoms with Crippen molar-refractivity contribution in [2.24, 2.45) is 17.8 Å². The molecule has 1 saturated heterocycles. The van der Waals surface area contributed by atoms with E-state index in [0.717, 1.165) is 16.7 Å². The fourth-order valence-corrected chi connectivity index (χ4v) is 6.60. The van der Waals surface area contributed by atoms with E-state index in [1.165, 1.54) is 11.0 Å². The normalized spacial score (nSPS) is 26.6. The number of carbonyl (C=O) groups is 4. The fraction of sp³-hybridized carbons (Fsp3) is 0.290. The van der Waals surface area contributed by atoms with E-state index in [9.17, 15) is 29.4 Å². The number of hydrogen-bond donors (Lipinski definition) is 2. The Kier molecular flexibility index (Phi) is 5.67. The number of aromatic hydroxyl groups is 2. The summed E-state index contributed by atoms with van der Waals surface area (Å²) in [4.78, 5) is 55.0. The Morgan fingerprint density at radius 1 is 0.868 bits per heavy atom. The summed E-state index contributed by atoms with van der Waals surface area (Å²) < 4.78 is 0. The van der Waals surface area contributed by atoms with Gasteiger partial charge in [-0.1, -0.05) is 35.9 Å². The third kappa shape index (κ3) is 3.72. The van der Waals surface area contributed by atoms with Gasteiger partial charge in [0.15, 0.2) is 11.6 Å². The molecule has 7 nitrogen and oxygen atoms in total. The molecule has 2 aromatic rings. The number of fused-ring (bicyclic) bond motifs is 3. The summed E-state index contributed by atoms with van der Waals surface area (Å²) in [6.07, 6.45) is 4.48. The van der Waals surface area contributed by atoms with E-state index >= 15 is 0 Å². The van der Waals surface area contributed by atoms with Crippen LogP contribution >= 0.6 is 0 Å². The minimum atomic E-state index is -0.592. The van der Waals surface area contributed by atoms with Crippen molar-refractivity contribution in [3.05, 3.63) is 94.1 Å². The number of amides is 2. The van der Waals surface area contributed by atoms with Crippen LogP contribution in [0.2, 0.25) is 0 Å². The van der Waals surface area contributed by atoms with E-state index in [-0.39, 0.29) is 53.8 Å². The highest BCUT2D eigenvalue weighted by molar-refractivity contribution is 6.23. The fourth-order valence-electron chi connectivity index (χ4n) is 6.60. The molecular formula is C31H27NO6. The number of phenols is 2. The predicted octanol–water partition coefficient (Wildman–Crippen LogP) is 3.77. The van der Waals surface area contributed by atoms with Crippen LogP contribution < -0.4 is 0 Å². The molecule has 1 aliphatic heterocycles. The molecule has 6 rings (SSSR count). The predicted molar refractivity (Wildman–Crippen MR) is 138 cm³/mol. The zero-order valence-corrected chi connectivity index (χ0v) is 20.9. The van der Waals surface area contributed by atoms with Crippen molar-refractivity contribution in [2.45, 2.75) is 32.1 Å². The number of ketones is 2. The Morgan fingerprint density at radius 3 is 2.21 bits per heavy atom. The van der Waals surface area contributed by atoms with Crippen LogP contribution in [0.15, 0.2) is 83.0 Å². The second-order valence-corrected chi connectivity index (χ2v) is 10.6. The highest BCUT2D eigenvalue weighted by Crippen LogP contribution is 2.55. The van der Waals surface area contributed by atoms with Gasteiger partial charge in [0.1, 0.15) is 11.5 Å². The highest BCUT2D eigenvalue weighted by atomic mass is 16.3. The number of phenolic OH excluding ortho intramolecular Hbond substituents is 2. The van der Waals surface area contributed by atoms with Crippen LogP contribution in [0.1, 0.15) is 36.8 Å². The molecule has 0 radical (unpaired) electrons. The molecule has 0 spiro atoms. The van der Waals surface area contributed by atoms with Crippen LogP contribution in [0.5, 0.6) is 11.5 Å². The Bertz CT molecular complexity index is 1480. The maximum Gasteiger partial charge on any atom is 0.233 e. The maximum absolute atomic E-state index is 13.8. The van der Waals surface area contributed by atoms with Crippen LogP contribution in [0.4, 0.5) is 0 Å². The lowest BCUT2D eigenvalue weighted by atomic mass is 9.59. The molecule has 192 valence electrons. The molecule has 1 fully saturated rings. The Balaban J connectivity index is 1.37. The van der Waals surface area contributed by atoms with E-state index in [1.807, 2.05) is 6.08 Å². The van der Waals surface area contributed by atoms with Crippen molar-refractivity contribution >= 4 is 23.4 Å². The van der Waals surface area contributed by atoms with Crippen molar-refractivity contribution in [1.82, 2.24) is 4.90 Å². The highest BCUT2D eigenvalue weighted by Gasteiger charge is 2.56. The number of likely N-dealkylation sites (tertiary alicyclic amines) is 1. The summed E-state index contributed by atoms with van der Waals surface area (Å²) in [5.41, 5.74) is 3.82. The van der Waals surface area contributed by atoms with E-state index in [1.54, 1.807) is 55.5 Å². The molecule has 0 unspecified atom stereocenters. The third-order valence-electron chi connectivity index (χ3n) is 8.44. The molecule has 2 aromatic carbocycles.